The predicted octanol–water partition coefficient (Wildman–Crippen LogP) is 1.41. The summed E-state index contributed by atoms with van der Waals surface area (Å²) in [6.45, 7) is 3.70. The first-order valence-corrected chi connectivity index (χ1v) is 5.07. The fourth-order valence-electron chi connectivity index (χ4n) is 1.24. The van der Waals surface area contributed by atoms with Crippen LogP contribution in [-0.2, 0) is 0 Å². The highest BCUT2D eigenvalue weighted by Crippen LogP contribution is 2.25. The number of methoxy groups -OCH3 is 1. The van der Waals surface area contributed by atoms with E-state index in [4.69, 9.17) is 10.5 Å². The molecule has 0 aliphatic rings. The van der Waals surface area contributed by atoms with E-state index in [9.17, 15) is 4.79 Å². The van der Waals surface area contributed by atoms with E-state index in [1.807, 2.05) is 13.8 Å². The van der Waals surface area contributed by atoms with Gasteiger partial charge in [-0.3, -0.25) is 4.79 Å². The smallest absolute Gasteiger partial charge is 0.254 e. The molecule has 0 bridgehead atoms. The number of pyridine rings is 1. The summed E-state index contributed by atoms with van der Waals surface area (Å²) in [5, 5.41) is 0. The average molecular weight is 306 g/mol. The zero-order valence-corrected chi connectivity index (χ0v) is 10.4. The van der Waals surface area contributed by atoms with Crippen molar-refractivity contribution >= 4 is 28.5 Å². The van der Waals surface area contributed by atoms with Crippen molar-refractivity contribution in [3.05, 3.63) is 20.4 Å². The van der Waals surface area contributed by atoms with Gasteiger partial charge >= 0.3 is 0 Å². The molecule has 0 saturated carbocycles. The first kappa shape index (κ1) is 11.2. The summed E-state index contributed by atoms with van der Waals surface area (Å²) >= 11 is 2.14. The summed E-state index contributed by atoms with van der Waals surface area (Å²) in [5.41, 5.74) is 7.27. The molecule has 76 valence electrons. The van der Waals surface area contributed by atoms with Gasteiger partial charge in [-0.15, -0.1) is 0 Å². The average Bonchev–Trinajstić information content (AvgIpc) is 2.12. The third-order valence-electron chi connectivity index (χ3n) is 1.94. The fraction of sp³-hybridized carbons (Fsp3) is 0.333. The van der Waals surface area contributed by atoms with Gasteiger partial charge < -0.3 is 10.5 Å². The Morgan fingerprint density at radius 3 is 2.50 bits per heavy atom. The van der Waals surface area contributed by atoms with Gasteiger partial charge in [0.1, 0.15) is 5.56 Å². The van der Waals surface area contributed by atoms with E-state index in [0.29, 0.717) is 11.4 Å². The highest BCUT2D eigenvalue weighted by Gasteiger charge is 2.17. The second-order valence-corrected chi connectivity index (χ2v) is 3.96. The van der Waals surface area contributed by atoms with Gasteiger partial charge in [-0.2, -0.15) is 0 Å². The van der Waals surface area contributed by atoms with Crippen molar-refractivity contribution in [2.24, 2.45) is 5.73 Å². The summed E-state index contributed by atoms with van der Waals surface area (Å²) in [6, 6.07) is 0. The zero-order valence-electron chi connectivity index (χ0n) is 8.22. The third-order valence-corrected chi connectivity index (χ3v) is 3.53. The molecule has 0 aliphatic heterocycles. The van der Waals surface area contributed by atoms with Crippen LogP contribution in [0.3, 0.4) is 0 Å². The molecule has 14 heavy (non-hydrogen) atoms. The number of rotatable bonds is 2. The number of carbonyl (C=O) groups excluding carboxylic acids is 1. The number of carbonyl (C=O) groups is 1. The Kier molecular flexibility index (Phi) is 3.30. The number of aryl methyl sites for hydroxylation is 1. The Balaban J connectivity index is 3.53. The summed E-state index contributed by atoms with van der Waals surface area (Å²) < 4.78 is 5.95. The molecule has 0 unspecified atom stereocenters. The first-order chi connectivity index (χ1) is 6.49. The van der Waals surface area contributed by atoms with E-state index in [-0.39, 0.29) is 0 Å². The monoisotopic (exact) mass is 306 g/mol. The summed E-state index contributed by atoms with van der Waals surface area (Å²) in [4.78, 5) is 15.3. The number of primary amides is 1. The standard InChI is InChI=1S/C9H11IN2O2/c1-4-6(8(11)13)9(14-3)12-5(2)7(4)10/h1-3H3,(H2,11,13). The molecule has 2 N–H and O–H groups in total. The van der Waals surface area contributed by atoms with Crippen LogP contribution in [0.1, 0.15) is 21.6 Å². The number of hydrogen-bond donors (Lipinski definition) is 1. The Morgan fingerprint density at radius 1 is 1.50 bits per heavy atom. The van der Waals surface area contributed by atoms with Crippen molar-refractivity contribution in [3.8, 4) is 5.88 Å². The molecule has 1 aromatic rings. The minimum Gasteiger partial charge on any atom is -0.480 e. The Labute approximate surface area is 96.0 Å². The quantitative estimate of drug-likeness (QED) is 0.840. The van der Waals surface area contributed by atoms with Gasteiger partial charge in [0.15, 0.2) is 0 Å². The van der Waals surface area contributed by atoms with Gasteiger partial charge in [-0.1, -0.05) is 0 Å². The lowest BCUT2D eigenvalue weighted by atomic mass is 10.1. The lowest BCUT2D eigenvalue weighted by Crippen LogP contribution is -2.16. The Bertz CT molecular complexity index is 391. The lowest BCUT2D eigenvalue weighted by Gasteiger charge is -2.11. The molecule has 5 heteroatoms. The normalized spacial score (nSPS) is 10.0. The van der Waals surface area contributed by atoms with Crippen molar-refractivity contribution in [1.29, 1.82) is 0 Å². The molecular formula is C9H11IN2O2. The molecule has 0 spiro atoms. The maximum Gasteiger partial charge on any atom is 0.254 e. The molecule has 1 rings (SSSR count). The number of halogens is 1. The largest absolute Gasteiger partial charge is 0.480 e. The maximum atomic E-state index is 11.2. The molecule has 0 radical (unpaired) electrons. The number of nitrogens with two attached hydrogens (primary N) is 1. The van der Waals surface area contributed by atoms with Crippen molar-refractivity contribution in [3.63, 3.8) is 0 Å². The van der Waals surface area contributed by atoms with Crippen molar-refractivity contribution in [2.75, 3.05) is 7.11 Å². The van der Waals surface area contributed by atoms with E-state index >= 15 is 0 Å². The molecule has 0 aliphatic carbocycles. The number of ether oxygens (including phenoxy) is 1. The number of aromatic nitrogens is 1. The van der Waals surface area contributed by atoms with Gasteiger partial charge in [0.25, 0.3) is 5.91 Å². The minimum absolute atomic E-state index is 0.299. The van der Waals surface area contributed by atoms with Crippen LogP contribution >= 0.6 is 22.6 Å². The topological polar surface area (TPSA) is 65.2 Å². The van der Waals surface area contributed by atoms with Gasteiger partial charge in [-0.05, 0) is 42.0 Å². The third kappa shape index (κ3) is 1.82. The Hall–Kier alpha value is -0.850. The minimum atomic E-state index is -0.509. The molecule has 1 heterocycles. The lowest BCUT2D eigenvalue weighted by molar-refractivity contribution is 0.0996. The van der Waals surface area contributed by atoms with Gasteiger partial charge in [0.05, 0.1) is 12.8 Å². The van der Waals surface area contributed by atoms with Gasteiger partial charge in [0, 0.05) is 3.57 Å². The highest BCUT2D eigenvalue weighted by molar-refractivity contribution is 14.1. The summed E-state index contributed by atoms with van der Waals surface area (Å²) in [5.74, 6) is -0.210. The molecule has 1 aromatic heterocycles. The van der Waals surface area contributed by atoms with Crippen LogP contribution in [0.4, 0.5) is 0 Å². The Morgan fingerprint density at radius 2 is 2.07 bits per heavy atom. The van der Waals surface area contributed by atoms with Crippen molar-refractivity contribution in [1.82, 2.24) is 4.98 Å². The second kappa shape index (κ2) is 4.12. The molecule has 0 saturated heterocycles. The van der Waals surface area contributed by atoms with Crippen molar-refractivity contribution in [2.45, 2.75) is 13.8 Å². The van der Waals surface area contributed by atoms with Gasteiger partial charge in [0.2, 0.25) is 5.88 Å². The van der Waals surface area contributed by atoms with Crippen LogP contribution in [0.15, 0.2) is 0 Å². The first-order valence-electron chi connectivity index (χ1n) is 3.99. The number of hydrogen-bond acceptors (Lipinski definition) is 3. The summed E-state index contributed by atoms with van der Waals surface area (Å²) in [7, 11) is 1.47. The maximum absolute atomic E-state index is 11.2. The van der Waals surface area contributed by atoms with Crippen LogP contribution in [0.25, 0.3) is 0 Å². The van der Waals surface area contributed by atoms with Crippen LogP contribution in [0, 0.1) is 17.4 Å². The SMILES string of the molecule is COc1nc(C)c(I)c(C)c1C(N)=O. The molecule has 0 fully saturated rings. The molecular weight excluding hydrogens is 295 g/mol. The highest BCUT2D eigenvalue weighted by atomic mass is 127. The molecule has 0 aromatic carbocycles. The number of nitrogens with zero attached hydrogens (tertiary/aromatic N) is 1. The molecule has 4 nitrogen and oxygen atoms in total. The van der Waals surface area contributed by atoms with Crippen LogP contribution < -0.4 is 10.5 Å². The van der Waals surface area contributed by atoms with E-state index in [1.165, 1.54) is 7.11 Å². The van der Waals surface area contributed by atoms with E-state index < -0.39 is 5.91 Å². The predicted molar refractivity (Wildman–Crippen MR) is 61.5 cm³/mol. The van der Waals surface area contributed by atoms with Crippen LogP contribution in [-0.4, -0.2) is 18.0 Å². The zero-order chi connectivity index (χ0) is 10.9. The molecule has 0 atom stereocenters. The van der Waals surface area contributed by atoms with E-state index in [2.05, 4.69) is 27.6 Å². The number of amides is 1. The summed E-state index contributed by atoms with van der Waals surface area (Å²) in [6.07, 6.45) is 0. The van der Waals surface area contributed by atoms with Crippen LogP contribution in [0.5, 0.6) is 5.88 Å². The van der Waals surface area contributed by atoms with Gasteiger partial charge in [-0.25, -0.2) is 4.98 Å². The fourth-order valence-corrected chi connectivity index (χ4v) is 1.63. The molecule has 1 amide bonds. The van der Waals surface area contributed by atoms with E-state index in [1.54, 1.807) is 0 Å². The van der Waals surface area contributed by atoms with Crippen molar-refractivity contribution < 1.29 is 9.53 Å². The second-order valence-electron chi connectivity index (χ2n) is 2.88. The van der Waals surface area contributed by atoms with Crippen LogP contribution in [0.2, 0.25) is 0 Å². The van der Waals surface area contributed by atoms with E-state index in [0.717, 1.165) is 14.8 Å².